The predicted octanol–water partition coefficient (Wildman–Crippen LogP) is 2.63. The minimum Gasteiger partial charge on any atom is -0.478 e. The first kappa shape index (κ1) is 12.5. The van der Waals surface area contributed by atoms with E-state index in [0.717, 1.165) is 13.0 Å². The van der Waals surface area contributed by atoms with Crippen molar-refractivity contribution < 1.29 is 9.90 Å². The van der Waals surface area contributed by atoms with Crippen LogP contribution in [0.4, 0.5) is 5.82 Å². The van der Waals surface area contributed by atoms with Crippen molar-refractivity contribution in [2.24, 2.45) is 5.41 Å². The van der Waals surface area contributed by atoms with E-state index in [4.69, 9.17) is 5.11 Å². The molecule has 4 nitrogen and oxygen atoms in total. The van der Waals surface area contributed by atoms with Crippen molar-refractivity contribution >= 4 is 11.8 Å². The lowest BCUT2D eigenvalue weighted by molar-refractivity contribution is 0.0696. The van der Waals surface area contributed by atoms with E-state index in [9.17, 15) is 4.79 Å². The largest absolute Gasteiger partial charge is 0.478 e. The first-order valence-corrected chi connectivity index (χ1v) is 5.32. The molecule has 0 saturated heterocycles. The average molecular weight is 222 g/mol. The van der Waals surface area contributed by atoms with Gasteiger partial charge in [-0.15, -0.1) is 0 Å². The Hall–Kier alpha value is -1.58. The Kier molecular flexibility index (Phi) is 3.88. The van der Waals surface area contributed by atoms with Gasteiger partial charge in [0.15, 0.2) is 0 Å². The highest BCUT2D eigenvalue weighted by atomic mass is 16.4. The molecule has 0 spiro atoms. The SMILES string of the molecule is CC(C)(C)CCNc1ccc(C(=O)O)cn1. The zero-order chi connectivity index (χ0) is 12.2. The quantitative estimate of drug-likeness (QED) is 0.822. The number of nitrogens with zero attached hydrogens (tertiary/aromatic N) is 1. The number of aromatic nitrogens is 1. The normalized spacial score (nSPS) is 11.2. The smallest absolute Gasteiger partial charge is 0.337 e. The second-order valence-corrected chi connectivity index (χ2v) is 4.97. The number of carboxylic acid groups (broad SMARTS) is 1. The first-order chi connectivity index (χ1) is 7.38. The summed E-state index contributed by atoms with van der Waals surface area (Å²) in [6, 6.07) is 3.24. The maximum atomic E-state index is 10.6. The summed E-state index contributed by atoms with van der Waals surface area (Å²) in [6.07, 6.45) is 2.40. The van der Waals surface area contributed by atoms with Crippen LogP contribution in [0, 0.1) is 5.41 Å². The fraction of sp³-hybridized carbons (Fsp3) is 0.500. The minimum absolute atomic E-state index is 0.210. The van der Waals surface area contributed by atoms with Crippen LogP contribution in [-0.4, -0.2) is 22.6 Å². The molecule has 4 heteroatoms. The van der Waals surface area contributed by atoms with Gasteiger partial charge >= 0.3 is 5.97 Å². The molecule has 0 aliphatic rings. The molecule has 2 N–H and O–H groups in total. The summed E-state index contributed by atoms with van der Waals surface area (Å²) < 4.78 is 0. The molecule has 1 aromatic rings. The number of carbonyl (C=O) groups is 1. The van der Waals surface area contributed by atoms with Gasteiger partial charge in [-0.2, -0.15) is 0 Å². The van der Waals surface area contributed by atoms with Gasteiger partial charge < -0.3 is 10.4 Å². The highest BCUT2D eigenvalue weighted by molar-refractivity contribution is 5.87. The van der Waals surface area contributed by atoms with Crippen LogP contribution < -0.4 is 5.32 Å². The molecule has 0 aromatic carbocycles. The molecule has 0 fully saturated rings. The summed E-state index contributed by atoms with van der Waals surface area (Å²) in [5.41, 5.74) is 0.495. The highest BCUT2D eigenvalue weighted by Crippen LogP contribution is 2.18. The fourth-order valence-corrected chi connectivity index (χ4v) is 1.19. The zero-order valence-electron chi connectivity index (χ0n) is 9.95. The summed E-state index contributed by atoms with van der Waals surface area (Å²) >= 11 is 0. The summed E-state index contributed by atoms with van der Waals surface area (Å²) in [6.45, 7) is 7.36. The first-order valence-electron chi connectivity index (χ1n) is 5.32. The van der Waals surface area contributed by atoms with Gasteiger partial charge in [-0.3, -0.25) is 0 Å². The zero-order valence-corrected chi connectivity index (χ0v) is 9.95. The van der Waals surface area contributed by atoms with Crippen molar-refractivity contribution in [3.8, 4) is 0 Å². The van der Waals surface area contributed by atoms with Gasteiger partial charge in [-0.25, -0.2) is 9.78 Å². The Morgan fingerprint density at radius 1 is 1.44 bits per heavy atom. The van der Waals surface area contributed by atoms with Gasteiger partial charge in [0.1, 0.15) is 5.82 Å². The van der Waals surface area contributed by atoms with Crippen molar-refractivity contribution in [1.82, 2.24) is 4.98 Å². The Bertz CT molecular complexity index is 352. The molecule has 88 valence electrons. The Morgan fingerprint density at radius 2 is 2.12 bits per heavy atom. The summed E-state index contributed by atoms with van der Waals surface area (Å²) in [4.78, 5) is 14.6. The van der Waals surface area contributed by atoms with Gasteiger partial charge in [-0.1, -0.05) is 20.8 Å². The predicted molar refractivity (Wildman–Crippen MR) is 63.8 cm³/mol. The van der Waals surface area contributed by atoms with Crippen molar-refractivity contribution in [3.63, 3.8) is 0 Å². The van der Waals surface area contributed by atoms with Crippen LogP contribution in [0.25, 0.3) is 0 Å². The van der Waals surface area contributed by atoms with Gasteiger partial charge in [0.05, 0.1) is 5.56 Å². The molecule has 0 bridgehead atoms. The van der Waals surface area contributed by atoms with Crippen LogP contribution in [0.5, 0.6) is 0 Å². The lowest BCUT2D eigenvalue weighted by Gasteiger charge is -2.18. The van der Waals surface area contributed by atoms with Crippen LogP contribution in [-0.2, 0) is 0 Å². The summed E-state index contributed by atoms with van der Waals surface area (Å²) in [5, 5.41) is 11.9. The summed E-state index contributed by atoms with van der Waals surface area (Å²) in [7, 11) is 0. The molecule has 0 radical (unpaired) electrons. The number of carboxylic acids is 1. The third-order valence-electron chi connectivity index (χ3n) is 2.19. The molecule has 0 unspecified atom stereocenters. The summed E-state index contributed by atoms with van der Waals surface area (Å²) in [5.74, 6) is -0.233. The molecule has 1 aromatic heterocycles. The van der Waals surface area contributed by atoms with Crippen molar-refractivity contribution in [3.05, 3.63) is 23.9 Å². The van der Waals surface area contributed by atoms with E-state index in [0.29, 0.717) is 5.82 Å². The third kappa shape index (κ3) is 4.29. The average Bonchev–Trinajstić information content (AvgIpc) is 2.16. The van der Waals surface area contributed by atoms with E-state index >= 15 is 0 Å². The topological polar surface area (TPSA) is 62.2 Å². The number of pyridine rings is 1. The second kappa shape index (κ2) is 4.96. The third-order valence-corrected chi connectivity index (χ3v) is 2.19. The van der Waals surface area contributed by atoms with Crippen LogP contribution in [0.1, 0.15) is 37.6 Å². The van der Waals surface area contributed by atoms with Crippen molar-refractivity contribution in [2.75, 3.05) is 11.9 Å². The fourth-order valence-electron chi connectivity index (χ4n) is 1.19. The number of hydrogen-bond acceptors (Lipinski definition) is 3. The van der Waals surface area contributed by atoms with Crippen molar-refractivity contribution in [1.29, 1.82) is 0 Å². The van der Waals surface area contributed by atoms with Crippen molar-refractivity contribution in [2.45, 2.75) is 27.2 Å². The van der Waals surface area contributed by atoms with Gasteiger partial charge in [0.2, 0.25) is 0 Å². The van der Waals surface area contributed by atoms with E-state index in [2.05, 4.69) is 31.1 Å². The van der Waals surface area contributed by atoms with Crippen LogP contribution in [0.15, 0.2) is 18.3 Å². The standard InChI is InChI=1S/C12H18N2O2/c1-12(2,3)6-7-13-10-5-4-9(8-14-10)11(15)16/h4-5,8H,6-7H2,1-3H3,(H,13,14)(H,15,16). The van der Waals surface area contributed by atoms with E-state index in [1.807, 2.05) is 0 Å². The van der Waals surface area contributed by atoms with E-state index in [-0.39, 0.29) is 11.0 Å². The van der Waals surface area contributed by atoms with E-state index < -0.39 is 5.97 Å². The lowest BCUT2D eigenvalue weighted by Crippen LogP contribution is -2.13. The van der Waals surface area contributed by atoms with E-state index in [1.54, 1.807) is 12.1 Å². The maximum absolute atomic E-state index is 10.6. The van der Waals surface area contributed by atoms with Gasteiger partial charge in [0, 0.05) is 12.7 Å². The minimum atomic E-state index is -0.950. The number of aromatic carboxylic acids is 1. The highest BCUT2D eigenvalue weighted by Gasteiger charge is 2.09. The maximum Gasteiger partial charge on any atom is 0.337 e. The molecular formula is C12H18N2O2. The molecular weight excluding hydrogens is 204 g/mol. The van der Waals surface area contributed by atoms with E-state index in [1.165, 1.54) is 6.20 Å². The second-order valence-electron chi connectivity index (χ2n) is 4.97. The molecule has 0 aliphatic heterocycles. The molecule has 0 aliphatic carbocycles. The monoisotopic (exact) mass is 222 g/mol. The molecule has 1 heterocycles. The van der Waals surface area contributed by atoms with Crippen LogP contribution in [0.3, 0.4) is 0 Å². The van der Waals surface area contributed by atoms with Gasteiger partial charge in [0.25, 0.3) is 0 Å². The Morgan fingerprint density at radius 3 is 2.56 bits per heavy atom. The van der Waals surface area contributed by atoms with Crippen LogP contribution >= 0.6 is 0 Å². The van der Waals surface area contributed by atoms with Gasteiger partial charge in [-0.05, 0) is 24.0 Å². The molecule has 1 rings (SSSR count). The number of anilines is 1. The molecule has 0 amide bonds. The number of hydrogen-bond donors (Lipinski definition) is 2. The van der Waals surface area contributed by atoms with Crippen LogP contribution in [0.2, 0.25) is 0 Å². The Labute approximate surface area is 95.7 Å². The number of nitrogens with one attached hydrogen (secondary N) is 1. The molecule has 16 heavy (non-hydrogen) atoms. The molecule has 0 saturated carbocycles. The lowest BCUT2D eigenvalue weighted by atomic mass is 9.92. The Balaban J connectivity index is 2.47. The number of rotatable bonds is 4. The molecule has 0 atom stereocenters.